The van der Waals surface area contributed by atoms with Gasteiger partial charge in [0.2, 0.25) is 0 Å². The second-order valence-corrected chi connectivity index (χ2v) is 7.93. The van der Waals surface area contributed by atoms with Crippen molar-refractivity contribution >= 4 is 23.2 Å². The molecule has 1 aliphatic heterocycles. The van der Waals surface area contributed by atoms with Gasteiger partial charge in [0.15, 0.2) is 12.7 Å². The quantitative estimate of drug-likeness (QED) is 0.510. The van der Waals surface area contributed by atoms with Crippen molar-refractivity contribution in [1.82, 2.24) is 0 Å². The van der Waals surface area contributed by atoms with E-state index in [4.69, 9.17) is 14.2 Å². The molecule has 34 heavy (non-hydrogen) atoms. The summed E-state index contributed by atoms with van der Waals surface area (Å²) in [6, 6.07) is 22.3. The standard InChI is InChI=1S/C27H28N2O5/c1-3-20-8-7-11-23(16-20)33-18-26(30)28-21-12-13-25-24(17-21)29(27(31)19(2)34-25)14-15-32-22-9-5-4-6-10-22/h4-13,16-17,19H,3,14-15,18H2,1-2H3,(H,28,30). The van der Waals surface area contributed by atoms with Gasteiger partial charge in [0.05, 0.1) is 12.2 Å². The molecule has 0 saturated carbocycles. The number of hydrogen-bond acceptors (Lipinski definition) is 5. The zero-order valence-corrected chi connectivity index (χ0v) is 19.3. The third kappa shape index (κ3) is 5.67. The predicted octanol–water partition coefficient (Wildman–Crippen LogP) is 4.46. The first-order chi connectivity index (χ1) is 16.5. The second kappa shape index (κ2) is 10.7. The van der Waals surface area contributed by atoms with Gasteiger partial charge in [-0.15, -0.1) is 0 Å². The molecule has 7 nitrogen and oxygen atoms in total. The van der Waals surface area contributed by atoms with Gasteiger partial charge in [-0.3, -0.25) is 9.59 Å². The first-order valence-electron chi connectivity index (χ1n) is 11.3. The van der Waals surface area contributed by atoms with Crippen LogP contribution in [0.3, 0.4) is 0 Å². The molecular weight excluding hydrogens is 432 g/mol. The molecule has 3 aromatic carbocycles. The van der Waals surface area contributed by atoms with Crippen LogP contribution in [0.15, 0.2) is 72.8 Å². The van der Waals surface area contributed by atoms with E-state index in [1.54, 1.807) is 30.0 Å². The van der Waals surface area contributed by atoms with E-state index in [0.29, 0.717) is 36.0 Å². The smallest absolute Gasteiger partial charge is 0.267 e. The Morgan fingerprint density at radius 1 is 1.00 bits per heavy atom. The van der Waals surface area contributed by atoms with Gasteiger partial charge in [-0.05, 0) is 61.4 Å². The van der Waals surface area contributed by atoms with Crippen LogP contribution in [0, 0.1) is 0 Å². The highest BCUT2D eigenvalue weighted by Gasteiger charge is 2.31. The van der Waals surface area contributed by atoms with Crippen LogP contribution in [0.4, 0.5) is 11.4 Å². The van der Waals surface area contributed by atoms with E-state index in [1.165, 1.54) is 0 Å². The number of carbonyl (C=O) groups is 2. The second-order valence-electron chi connectivity index (χ2n) is 7.93. The van der Waals surface area contributed by atoms with Crippen LogP contribution < -0.4 is 24.4 Å². The zero-order chi connectivity index (χ0) is 23.9. The number of ether oxygens (including phenoxy) is 3. The minimum Gasteiger partial charge on any atom is -0.492 e. The van der Waals surface area contributed by atoms with Crippen LogP contribution in [0.1, 0.15) is 19.4 Å². The molecule has 0 aromatic heterocycles. The molecule has 0 fully saturated rings. The van der Waals surface area contributed by atoms with Crippen molar-refractivity contribution in [2.24, 2.45) is 0 Å². The molecule has 0 bridgehead atoms. The molecule has 0 aliphatic carbocycles. The zero-order valence-electron chi connectivity index (χ0n) is 19.3. The Kier molecular flexibility index (Phi) is 7.32. The maximum absolute atomic E-state index is 12.8. The molecule has 1 atom stereocenters. The summed E-state index contributed by atoms with van der Waals surface area (Å²) >= 11 is 0. The van der Waals surface area contributed by atoms with Crippen LogP contribution in [-0.4, -0.2) is 37.7 Å². The van der Waals surface area contributed by atoms with Crippen molar-refractivity contribution in [3.8, 4) is 17.2 Å². The lowest BCUT2D eigenvalue weighted by molar-refractivity contribution is -0.125. The number of para-hydroxylation sites is 1. The van der Waals surface area contributed by atoms with E-state index in [2.05, 4.69) is 12.2 Å². The fraction of sp³-hybridized carbons (Fsp3) is 0.259. The fourth-order valence-electron chi connectivity index (χ4n) is 3.69. The highest BCUT2D eigenvalue weighted by atomic mass is 16.5. The van der Waals surface area contributed by atoms with Gasteiger partial charge in [0.1, 0.15) is 23.9 Å². The summed E-state index contributed by atoms with van der Waals surface area (Å²) in [6.07, 6.45) is 0.294. The van der Waals surface area contributed by atoms with Crippen LogP contribution in [-0.2, 0) is 16.0 Å². The highest BCUT2D eigenvalue weighted by Crippen LogP contribution is 2.36. The summed E-state index contributed by atoms with van der Waals surface area (Å²) < 4.78 is 17.2. The number of nitrogens with zero attached hydrogens (tertiary/aromatic N) is 1. The average molecular weight is 461 g/mol. The van der Waals surface area contributed by atoms with E-state index in [-0.39, 0.29) is 18.4 Å². The van der Waals surface area contributed by atoms with Gasteiger partial charge >= 0.3 is 0 Å². The van der Waals surface area contributed by atoms with Gasteiger partial charge in [0, 0.05) is 5.69 Å². The molecule has 1 aliphatic rings. The number of anilines is 2. The van der Waals surface area contributed by atoms with Gasteiger partial charge in [-0.2, -0.15) is 0 Å². The Hall–Kier alpha value is -4.00. The van der Waals surface area contributed by atoms with Crippen LogP contribution in [0.25, 0.3) is 0 Å². The molecular formula is C27H28N2O5. The first kappa shape index (κ1) is 23.2. The number of hydrogen-bond donors (Lipinski definition) is 1. The Balaban J connectivity index is 1.41. The third-order valence-electron chi connectivity index (χ3n) is 5.45. The lowest BCUT2D eigenvalue weighted by Crippen LogP contribution is -2.46. The number of fused-ring (bicyclic) bond motifs is 1. The van der Waals surface area contributed by atoms with E-state index in [0.717, 1.165) is 17.7 Å². The SMILES string of the molecule is CCc1cccc(OCC(=O)Nc2ccc3c(c2)N(CCOc2ccccc2)C(=O)C(C)O3)c1. The van der Waals surface area contributed by atoms with Gasteiger partial charge in [0.25, 0.3) is 11.8 Å². The maximum atomic E-state index is 12.8. The summed E-state index contributed by atoms with van der Waals surface area (Å²) in [5.41, 5.74) is 2.28. The number of nitrogens with one attached hydrogen (secondary N) is 1. The topological polar surface area (TPSA) is 77.1 Å². The monoisotopic (exact) mass is 460 g/mol. The van der Waals surface area contributed by atoms with Crippen molar-refractivity contribution in [3.63, 3.8) is 0 Å². The summed E-state index contributed by atoms with van der Waals surface area (Å²) in [6.45, 7) is 4.34. The Morgan fingerprint density at radius 3 is 2.59 bits per heavy atom. The molecule has 7 heteroatoms. The lowest BCUT2D eigenvalue weighted by Gasteiger charge is -2.33. The first-order valence-corrected chi connectivity index (χ1v) is 11.3. The summed E-state index contributed by atoms with van der Waals surface area (Å²) in [7, 11) is 0. The minimum atomic E-state index is -0.600. The molecule has 0 spiro atoms. The summed E-state index contributed by atoms with van der Waals surface area (Å²) in [5.74, 6) is 1.51. The van der Waals surface area contributed by atoms with Crippen molar-refractivity contribution in [1.29, 1.82) is 0 Å². The van der Waals surface area contributed by atoms with E-state index < -0.39 is 6.10 Å². The number of amides is 2. The molecule has 3 aromatic rings. The number of rotatable bonds is 9. The highest BCUT2D eigenvalue weighted by molar-refractivity contribution is 6.01. The van der Waals surface area contributed by atoms with Gasteiger partial charge < -0.3 is 24.4 Å². The summed E-state index contributed by atoms with van der Waals surface area (Å²) in [5, 5.41) is 2.83. The van der Waals surface area contributed by atoms with Gasteiger partial charge in [-0.1, -0.05) is 37.3 Å². The molecule has 2 amide bonds. The van der Waals surface area contributed by atoms with Gasteiger partial charge in [-0.25, -0.2) is 0 Å². The van der Waals surface area contributed by atoms with Crippen molar-refractivity contribution < 1.29 is 23.8 Å². The van der Waals surface area contributed by atoms with Crippen LogP contribution >= 0.6 is 0 Å². The number of carbonyl (C=O) groups excluding carboxylic acids is 2. The van der Waals surface area contributed by atoms with Crippen LogP contribution in [0.5, 0.6) is 17.2 Å². The Bertz CT molecular complexity index is 1150. The molecule has 1 unspecified atom stereocenters. The molecule has 0 radical (unpaired) electrons. The fourth-order valence-corrected chi connectivity index (χ4v) is 3.69. The van der Waals surface area contributed by atoms with E-state index in [1.807, 2.05) is 54.6 Å². The number of aryl methyl sites for hydroxylation is 1. The third-order valence-corrected chi connectivity index (χ3v) is 5.45. The predicted molar refractivity (Wildman–Crippen MR) is 131 cm³/mol. The number of benzene rings is 3. The molecule has 0 saturated heterocycles. The molecule has 1 heterocycles. The van der Waals surface area contributed by atoms with Crippen molar-refractivity contribution in [3.05, 3.63) is 78.4 Å². The molecule has 176 valence electrons. The van der Waals surface area contributed by atoms with Crippen LogP contribution in [0.2, 0.25) is 0 Å². The lowest BCUT2D eigenvalue weighted by atomic mass is 10.1. The maximum Gasteiger partial charge on any atom is 0.267 e. The van der Waals surface area contributed by atoms with E-state index >= 15 is 0 Å². The normalized spacial score (nSPS) is 14.7. The van der Waals surface area contributed by atoms with Crippen molar-refractivity contribution in [2.45, 2.75) is 26.4 Å². The largest absolute Gasteiger partial charge is 0.492 e. The Morgan fingerprint density at radius 2 is 1.79 bits per heavy atom. The molecule has 4 rings (SSSR count). The molecule has 1 N–H and O–H groups in total. The average Bonchev–Trinajstić information content (AvgIpc) is 2.86. The minimum absolute atomic E-state index is 0.120. The van der Waals surface area contributed by atoms with E-state index in [9.17, 15) is 9.59 Å². The summed E-state index contributed by atoms with van der Waals surface area (Å²) in [4.78, 5) is 26.9. The van der Waals surface area contributed by atoms with Crippen molar-refractivity contribution in [2.75, 3.05) is 30.0 Å². The Labute approximate surface area is 199 Å².